The van der Waals surface area contributed by atoms with Crippen molar-refractivity contribution in [3.8, 4) is 0 Å². The molecule has 0 aromatic carbocycles. The van der Waals surface area contributed by atoms with E-state index in [9.17, 15) is 4.79 Å². The Balaban J connectivity index is 1.51. The van der Waals surface area contributed by atoms with Crippen molar-refractivity contribution < 1.29 is 4.79 Å². The number of hydrogen-bond acceptors (Lipinski definition) is 1. The lowest BCUT2D eigenvalue weighted by atomic mass is 9.44. The molecule has 0 bridgehead atoms. The number of allylic oxidation sites excluding steroid dienone is 2. The fraction of sp³-hybridized carbons (Fsp3) is 0.893. The molecule has 0 spiro atoms. The van der Waals surface area contributed by atoms with Gasteiger partial charge in [0.15, 0.2) is 0 Å². The molecule has 9 atom stereocenters. The van der Waals surface area contributed by atoms with E-state index in [1.807, 2.05) is 0 Å². The van der Waals surface area contributed by atoms with Crippen molar-refractivity contribution in [3.63, 3.8) is 0 Å². The molecule has 29 heavy (non-hydrogen) atoms. The van der Waals surface area contributed by atoms with Gasteiger partial charge in [0.25, 0.3) is 0 Å². The number of carbonyl (C=O) groups excluding carboxylic acids is 1. The van der Waals surface area contributed by atoms with Crippen molar-refractivity contribution in [2.75, 3.05) is 0 Å². The van der Waals surface area contributed by atoms with Crippen molar-refractivity contribution in [1.29, 1.82) is 0 Å². The van der Waals surface area contributed by atoms with Crippen molar-refractivity contribution in [3.05, 3.63) is 12.2 Å². The number of rotatable bonds is 4. The quantitative estimate of drug-likeness (QED) is 0.443. The maximum absolute atomic E-state index is 12.1. The minimum Gasteiger partial charge on any atom is -0.300 e. The molecule has 1 heteroatoms. The molecule has 0 saturated heterocycles. The molecule has 0 aliphatic heterocycles. The lowest BCUT2D eigenvalue weighted by Gasteiger charge is -2.60. The fourth-order valence-electron chi connectivity index (χ4n) is 8.66. The number of fused-ring (bicyclic) bond motifs is 5. The van der Waals surface area contributed by atoms with Gasteiger partial charge in [-0.25, -0.2) is 0 Å². The molecule has 0 N–H and O–H groups in total. The van der Waals surface area contributed by atoms with Crippen molar-refractivity contribution in [2.45, 2.75) is 99.3 Å². The van der Waals surface area contributed by atoms with Crippen LogP contribution in [0.2, 0.25) is 0 Å². The first-order valence-corrected chi connectivity index (χ1v) is 12.9. The standard InChI is InChI=1S/C28H46O/c1-18(2)19(3)7-8-20(4)24-11-12-25-23-10-9-21-17-22(29)13-15-27(21,5)26(23)14-16-28(24,25)6/h7-8,18-21,23-26H,9-17H2,1-6H3/b8-7+/t19-,20-,21-,23+,24-,25+,26+,27+,28-/m1/s1. The lowest BCUT2D eigenvalue weighted by molar-refractivity contribution is -0.140. The van der Waals surface area contributed by atoms with Crippen LogP contribution in [0, 0.1) is 58.2 Å². The van der Waals surface area contributed by atoms with Gasteiger partial charge in [-0.15, -0.1) is 0 Å². The molecule has 4 fully saturated rings. The van der Waals surface area contributed by atoms with Gasteiger partial charge in [-0.3, -0.25) is 4.79 Å². The van der Waals surface area contributed by atoms with Crippen molar-refractivity contribution >= 4 is 5.78 Å². The van der Waals surface area contributed by atoms with Crippen LogP contribution in [0.1, 0.15) is 99.3 Å². The first kappa shape index (κ1) is 21.6. The highest BCUT2D eigenvalue weighted by atomic mass is 16.1. The van der Waals surface area contributed by atoms with Crippen LogP contribution >= 0.6 is 0 Å². The normalized spacial score (nSPS) is 47.0. The van der Waals surface area contributed by atoms with E-state index in [-0.39, 0.29) is 0 Å². The summed E-state index contributed by atoms with van der Waals surface area (Å²) >= 11 is 0. The van der Waals surface area contributed by atoms with Crippen molar-refractivity contribution in [2.24, 2.45) is 58.2 Å². The maximum Gasteiger partial charge on any atom is 0.133 e. The second-order valence-electron chi connectivity index (χ2n) is 12.5. The molecule has 0 amide bonds. The van der Waals surface area contributed by atoms with E-state index in [1.54, 1.807) is 0 Å². The summed E-state index contributed by atoms with van der Waals surface area (Å²) in [5, 5.41) is 0. The molecule has 1 nitrogen and oxygen atoms in total. The summed E-state index contributed by atoms with van der Waals surface area (Å²) in [6.45, 7) is 14.8. The Morgan fingerprint density at radius 3 is 2.31 bits per heavy atom. The second-order valence-corrected chi connectivity index (χ2v) is 12.5. The molecule has 4 aliphatic carbocycles. The summed E-state index contributed by atoms with van der Waals surface area (Å²) in [6, 6.07) is 0. The summed E-state index contributed by atoms with van der Waals surface area (Å²) in [5.74, 6) is 6.97. The molecular weight excluding hydrogens is 352 g/mol. The molecule has 4 aliphatic rings. The SMILES string of the molecule is CC(C)[C@H](C)/C=C/[C@@H](C)[C@H]1CC[C@H]2[C@@H]3CC[C@@H]4CC(=O)CC[C@]4(C)[C@H]3CC[C@]12C. The van der Waals surface area contributed by atoms with Crippen molar-refractivity contribution in [1.82, 2.24) is 0 Å². The second kappa shape index (κ2) is 7.83. The summed E-state index contributed by atoms with van der Waals surface area (Å²) in [6.07, 6.45) is 16.5. The van der Waals surface area contributed by atoms with E-state index in [1.165, 1.54) is 44.9 Å². The van der Waals surface area contributed by atoms with E-state index >= 15 is 0 Å². The number of carbonyl (C=O) groups is 1. The average Bonchev–Trinajstić information content (AvgIpc) is 3.03. The van der Waals surface area contributed by atoms with E-state index in [2.05, 4.69) is 53.7 Å². The number of hydrogen-bond donors (Lipinski definition) is 0. The van der Waals surface area contributed by atoms with Gasteiger partial charge in [0.05, 0.1) is 0 Å². The van der Waals surface area contributed by atoms with Gasteiger partial charge in [-0.1, -0.05) is 53.7 Å². The van der Waals surface area contributed by atoms with Crippen LogP contribution < -0.4 is 0 Å². The monoisotopic (exact) mass is 398 g/mol. The highest BCUT2D eigenvalue weighted by Crippen LogP contribution is 2.68. The summed E-state index contributed by atoms with van der Waals surface area (Å²) < 4.78 is 0. The van der Waals surface area contributed by atoms with Gasteiger partial charge in [-0.2, -0.15) is 0 Å². The highest BCUT2D eigenvalue weighted by Gasteiger charge is 2.60. The van der Waals surface area contributed by atoms with Gasteiger partial charge in [0, 0.05) is 12.8 Å². The Bertz CT molecular complexity index is 647. The van der Waals surface area contributed by atoms with E-state index in [0.717, 1.165) is 42.4 Å². The summed E-state index contributed by atoms with van der Waals surface area (Å²) in [4.78, 5) is 12.1. The molecule has 0 unspecified atom stereocenters. The Kier molecular flexibility index (Phi) is 5.84. The van der Waals surface area contributed by atoms with E-state index in [4.69, 9.17) is 0 Å². The molecule has 4 rings (SSSR count). The number of ketones is 1. The summed E-state index contributed by atoms with van der Waals surface area (Å²) in [7, 11) is 0. The first-order chi connectivity index (χ1) is 13.7. The third-order valence-electron chi connectivity index (χ3n) is 11.0. The predicted octanol–water partition coefficient (Wildman–Crippen LogP) is 7.70. The largest absolute Gasteiger partial charge is 0.300 e. The maximum atomic E-state index is 12.1. The van der Waals surface area contributed by atoms with Gasteiger partial charge in [0.2, 0.25) is 0 Å². The van der Waals surface area contributed by atoms with Gasteiger partial charge >= 0.3 is 0 Å². The zero-order valence-electron chi connectivity index (χ0n) is 20.0. The first-order valence-electron chi connectivity index (χ1n) is 12.9. The fourth-order valence-corrected chi connectivity index (χ4v) is 8.66. The van der Waals surface area contributed by atoms with Crippen LogP contribution in [-0.4, -0.2) is 5.78 Å². The van der Waals surface area contributed by atoms with Crippen LogP contribution in [0.25, 0.3) is 0 Å². The minimum atomic E-state index is 0.453. The van der Waals surface area contributed by atoms with Gasteiger partial charge in [-0.05, 0) is 103 Å². The Labute approximate surface area is 180 Å². The Morgan fingerprint density at radius 1 is 0.862 bits per heavy atom. The van der Waals surface area contributed by atoms with Crippen LogP contribution in [0.15, 0.2) is 12.2 Å². The predicted molar refractivity (Wildman–Crippen MR) is 123 cm³/mol. The van der Waals surface area contributed by atoms with Crippen LogP contribution in [0.3, 0.4) is 0 Å². The van der Waals surface area contributed by atoms with E-state index in [0.29, 0.717) is 34.4 Å². The highest BCUT2D eigenvalue weighted by molar-refractivity contribution is 5.79. The van der Waals surface area contributed by atoms with Crippen LogP contribution in [0.5, 0.6) is 0 Å². The Morgan fingerprint density at radius 2 is 1.59 bits per heavy atom. The summed E-state index contributed by atoms with van der Waals surface area (Å²) in [5.41, 5.74) is 0.994. The molecule has 164 valence electrons. The zero-order valence-corrected chi connectivity index (χ0v) is 20.0. The molecule has 0 heterocycles. The third-order valence-corrected chi connectivity index (χ3v) is 11.0. The lowest BCUT2D eigenvalue weighted by Crippen LogP contribution is -2.53. The molecular formula is C28H46O. The molecule has 4 saturated carbocycles. The average molecular weight is 399 g/mol. The minimum absolute atomic E-state index is 0.453. The molecule has 0 aromatic heterocycles. The topological polar surface area (TPSA) is 17.1 Å². The number of Topliss-reactive ketones (excluding diaryl/α,β-unsaturated/α-hetero) is 1. The third kappa shape index (κ3) is 3.57. The van der Waals surface area contributed by atoms with Crippen LogP contribution in [-0.2, 0) is 4.79 Å². The Hall–Kier alpha value is -0.590. The van der Waals surface area contributed by atoms with Gasteiger partial charge in [0.1, 0.15) is 5.78 Å². The smallest absolute Gasteiger partial charge is 0.133 e. The molecule has 0 aromatic rings. The van der Waals surface area contributed by atoms with E-state index < -0.39 is 0 Å². The molecule has 0 radical (unpaired) electrons. The van der Waals surface area contributed by atoms with Gasteiger partial charge < -0.3 is 0 Å². The van der Waals surface area contributed by atoms with Crippen LogP contribution in [0.4, 0.5) is 0 Å². The zero-order chi connectivity index (χ0) is 21.0.